The van der Waals surface area contributed by atoms with Crippen molar-refractivity contribution in [3.8, 4) is 0 Å². The summed E-state index contributed by atoms with van der Waals surface area (Å²) in [6.07, 6.45) is 2.59. The van der Waals surface area contributed by atoms with Gasteiger partial charge in [-0.1, -0.05) is 0 Å². The van der Waals surface area contributed by atoms with Crippen LogP contribution in [0.15, 0.2) is 0 Å². The summed E-state index contributed by atoms with van der Waals surface area (Å²) in [5.41, 5.74) is -0.128. The van der Waals surface area contributed by atoms with E-state index in [9.17, 15) is 0 Å². The van der Waals surface area contributed by atoms with Gasteiger partial charge in [-0.05, 0) is 52.2 Å². The van der Waals surface area contributed by atoms with Gasteiger partial charge >= 0.3 is 0 Å². The molecule has 0 radical (unpaired) electrons. The van der Waals surface area contributed by atoms with E-state index in [1.54, 1.807) is 0 Å². The molecule has 3 N–H and O–H groups in total. The fraction of sp³-hybridized carbons (Fsp3) is 1.00. The summed E-state index contributed by atoms with van der Waals surface area (Å²) in [6.45, 7) is 7.56. The zero-order valence-corrected chi connectivity index (χ0v) is 8.77. The van der Waals surface area contributed by atoms with E-state index in [4.69, 9.17) is 5.11 Å². The van der Waals surface area contributed by atoms with Gasteiger partial charge in [-0.3, -0.25) is 0 Å². The van der Waals surface area contributed by atoms with Crippen LogP contribution in [0.1, 0.15) is 26.7 Å². The van der Waals surface area contributed by atoms with Gasteiger partial charge < -0.3 is 15.7 Å². The van der Waals surface area contributed by atoms with Crippen molar-refractivity contribution >= 4 is 0 Å². The topological polar surface area (TPSA) is 44.3 Å². The van der Waals surface area contributed by atoms with Crippen molar-refractivity contribution in [3.63, 3.8) is 0 Å². The van der Waals surface area contributed by atoms with Gasteiger partial charge in [0.05, 0.1) is 6.61 Å². The summed E-state index contributed by atoms with van der Waals surface area (Å²) in [5, 5.41) is 15.8. The van der Waals surface area contributed by atoms with Crippen molar-refractivity contribution in [2.24, 2.45) is 5.92 Å². The maximum atomic E-state index is 9.05. The highest BCUT2D eigenvalue weighted by Gasteiger charge is 2.19. The SMILES string of the molecule is CC(C)(CO)NCC1CCCNC1. The molecule has 0 amide bonds. The minimum Gasteiger partial charge on any atom is -0.394 e. The number of piperidine rings is 1. The molecule has 1 unspecified atom stereocenters. The number of aliphatic hydroxyl groups is 1. The molecule has 1 heterocycles. The lowest BCUT2D eigenvalue weighted by molar-refractivity contribution is 0.179. The van der Waals surface area contributed by atoms with Crippen molar-refractivity contribution in [1.82, 2.24) is 10.6 Å². The van der Waals surface area contributed by atoms with Crippen molar-refractivity contribution in [3.05, 3.63) is 0 Å². The van der Waals surface area contributed by atoms with Crippen molar-refractivity contribution in [2.45, 2.75) is 32.2 Å². The van der Waals surface area contributed by atoms with E-state index in [2.05, 4.69) is 10.6 Å². The molecule has 0 aromatic carbocycles. The average molecular weight is 186 g/mol. The molecule has 1 saturated heterocycles. The Labute approximate surface area is 80.9 Å². The lowest BCUT2D eigenvalue weighted by atomic mass is 9.98. The first-order valence-electron chi connectivity index (χ1n) is 5.21. The molecule has 1 aliphatic rings. The van der Waals surface area contributed by atoms with Crippen molar-refractivity contribution in [2.75, 3.05) is 26.2 Å². The first kappa shape index (κ1) is 11.0. The normalized spacial score (nSPS) is 24.7. The number of hydrogen-bond donors (Lipinski definition) is 3. The van der Waals surface area contributed by atoms with E-state index >= 15 is 0 Å². The van der Waals surface area contributed by atoms with Gasteiger partial charge in [0.2, 0.25) is 0 Å². The predicted octanol–water partition coefficient (Wildman–Crippen LogP) is 0.346. The van der Waals surface area contributed by atoms with E-state index in [0.717, 1.165) is 19.0 Å². The number of aliphatic hydroxyl groups excluding tert-OH is 1. The quantitative estimate of drug-likeness (QED) is 0.593. The molecule has 0 aliphatic carbocycles. The molecule has 0 saturated carbocycles. The van der Waals surface area contributed by atoms with E-state index < -0.39 is 0 Å². The van der Waals surface area contributed by atoms with E-state index in [-0.39, 0.29) is 12.1 Å². The molecule has 78 valence electrons. The summed E-state index contributed by atoms with van der Waals surface area (Å²) in [5.74, 6) is 0.736. The number of rotatable bonds is 4. The third-order valence-corrected chi connectivity index (χ3v) is 2.66. The fourth-order valence-electron chi connectivity index (χ4n) is 1.57. The van der Waals surface area contributed by atoms with Crippen LogP contribution >= 0.6 is 0 Å². The fourth-order valence-corrected chi connectivity index (χ4v) is 1.57. The summed E-state index contributed by atoms with van der Waals surface area (Å²) >= 11 is 0. The second kappa shape index (κ2) is 4.94. The average Bonchev–Trinajstić information content (AvgIpc) is 2.17. The van der Waals surface area contributed by atoms with Crippen LogP contribution < -0.4 is 10.6 Å². The molecule has 1 atom stereocenters. The Balaban J connectivity index is 2.17. The highest BCUT2D eigenvalue weighted by molar-refractivity contribution is 4.79. The Morgan fingerprint density at radius 1 is 1.54 bits per heavy atom. The molecule has 13 heavy (non-hydrogen) atoms. The monoisotopic (exact) mass is 186 g/mol. The predicted molar refractivity (Wildman–Crippen MR) is 54.8 cm³/mol. The van der Waals surface area contributed by atoms with Crippen LogP contribution in [-0.4, -0.2) is 36.9 Å². The highest BCUT2D eigenvalue weighted by atomic mass is 16.3. The Bertz CT molecular complexity index is 142. The smallest absolute Gasteiger partial charge is 0.0607 e. The molecular weight excluding hydrogens is 164 g/mol. The van der Waals surface area contributed by atoms with Gasteiger partial charge in [0.1, 0.15) is 0 Å². The van der Waals surface area contributed by atoms with Gasteiger partial charge in [0.25, 0.3) is 0 Å². The van der Waals surface area contributed by atoms with Crippen LogP contribution in [0.4, 0.5) is 0 Å². The Morgan fingerprint density at radius 2 is 2.31 bits per heavy atom. The van der Waals surface area contributed by atoms with Crippen LogP contribution in [0.5, 0.6) is 0 Å². The summed E-state index contributed by atoms with van der Waals surface area (Å²) < 4.78 is 0. The molecule has 1 rings (SSSR count). The molecule has 0 spiro atoms. The molecule has 3 nitrogen and oxygen atoms in total. The molecule has 3 heteroatoms. The minimum absolute atomic E-state index is 0.128. The van der Waals surface area contributed by atoms with Gasteiger partial charge in [-0.2, -0.15) is 0 Å². The number of hydrogen-bond acceptors (Lipinski definition) is 3. The molecule has 1 fully saturated rings. The Hall–Kier alpha value is -0.120. The Kier molecular flexibility index (Phi) is 4.16. The highest BCUT2D eigenvalue weighted by Crippen LogP contribution is 2.10. The van der Waals surface area contributed by atoms with Crippen molar-refractivity contribution < 1.29 is 5.11 Å². The molecular formula is C10H22N2O. The molecule has 0 aromatic rings. The summed E-state index contributed by atoms with van der Waals surface area (Å²) in [6, 6.07) is 0. The standard InChI is InChI=1S/C10H22N2O/c1-10(2,8-13)12-7-9-4-3-5-11-6-9/h9,11-13H,3-8H2,1-2H3. The third-order valence-electron chi connectivity index (χ3n) is 2.66. The van der Waals surface area contributed by atoms with Gasteiger partial charge in [-0.15, -0.1) is 0 Å². The van der Waals surface area contributed by atoms with Crippen LogP contribution in [0.2, 0.25) is 0 Å². The molecule has 0 aromatic heterocycles. The molecule has 0 bridgehead atoms. The maximum Gasteiger partial charge on any atom is 0.0607 e. The minimum atomic E-state index is -0.128. The van der Waals surface area contributed by atoms with Gasteiger partial charge in [-0.25, -0.2) is 0 Å². The van der Waals surface area contributed by atoms with E-state index in [0.29, 0.717) is 0 Å². The first-order valence-corrected chi connectivity index (χ1v) is 5.21. The Morgan fingerprint density at radius 3 is 2.85 bits per heavy atom. The maximum absolute atomic E-state index is 9.05. The van der Waals surface area contributed by atoms with E-state index in [1.165, 1.54) is 19.4 Å². The van der Waals surface area contributed by atoms with Crippen molar-refractivity contribution in [1.29, 1.82) is 0 Å². The largest absolute Gasteiger partial charge is 0.394 e. The molecule has 1 aliphatic heterocycles. The second-order valence-electron chi connectivity index (χ2n) is 4.64. The zero-order valence-electron chi connectivity index (χ0n) is 8.77. The van der Waals surface area contributed by atoms with Gasteiger partial charge in [0.15, 0.2) is 0 Å². The van der Waals surface area contributed by atoms with Crippen LogP contribution in [0.3, 0.4) is 0 Å². The van der Waals surface area contributed by atoms with Crippen LogP contribution in [0.25, 0.3) is 0 Å². The number of nitrogens with one attached hydrogen (secondary N) is 2. The summed E-state index contributed by atoms with van der Waals surface area (Å²) in [7, 11) is 0. The zero-order chi connectivity index (χ0) is 9.73. The second-order valence-corrected chi connectivity index (χ2v) is 4.64. The lowest BCUT2D eigenvalue weighted by Crippen LogP contribution is -2.47. The van der Waals surface area contributed by atoms with E-state index in [1.807, 2.05) is 13.8 Å². The third kappa shape index (κ3) is 4.07. The van der Waals surface area contributed by atoms with Gasteiger partial charge in [0, 0.05) is 5.54 Å². The lowest BCUT2D eigenvalue weighted by Gasteiger charge is -2.29. The van der Waals surface area contributed by atoms with Crippen LogP contribution in [0, 0.1) is 5.92 Å². The van der Waals surface area contributed by atoms with Crippen LogP contribution in [-0.2, 0) is 0 Å². The summed E-state index contributed by atoms with van der Waals surface area (Å²) in [4.78, 5) is 0. The first-order chi connectivity index (χ1) is 6.14.